The molecule has 0 atom stereocenters. The second-order valence-corrected chi connectivity index (χ2v) is 6.83. The minimum atomic E-state index is -0.238. The van der Waals surface area contributed by atoms with E-state index >= 15 is 0 Å². The molecule has 0 aromatic heterocycles. The second-order valence-electron chi connectivity index (χ2n) is 6.83. The van der Waals surface area contributed by atoms with Gasteiger partial charge >= 0.3 is 0 Å². The lowest BCUT2D eigenvalue weighted by Crippen LogP contribution is -2.32. The molecule has 0 saturated heterocycles. The number of hydrogen-bond donors (Lipinski definition) is 1. The smallest absolute Gasteiger partial charge is 0.251 e. The lowest BCUT2D eigenvalue weighted by Gasteiger charge is -2.17. The van der Waals surface area contributed by atoms with E-state index in [4.69, 9.17) is 4.74 Å². The molecule has 0 aliphatic heterocycles. The van der Waals surface area contributed by atoms with Crippen LogP contribution in [-0.4, -0.2) is 19.6 Å². The first-order valence-corrected chi connectivity index (χ1v) is 8.73. The zero-order valence-corrected chi connectivity index (χ0v) is 14.6. The lowest BCUT2D eigenvalue weighted by atomic mass is 9.95. The molecule has 26 heavy (non-hydrogen) atoms. The van der Waals surface area contributed by atoms with E-state index < -0.39 is 0 Å². The van der Waals surface area contributed by atoms with Gasteiger partial charge in [-0.2, -0.15) is 0 Å². The molecular weight excluding hydrogens is 329 g/mol. The molecule has 1 saturated carbocycles. The standard InChI is InChI=1S/C22H20FNO2/c1-26-20-11-10-19(17-4-2-3-5-18(17)20)21(25)24-14-22(12-13-22)15-6-8-16(23)9-7-15/h2-11H,12-14H2,1H3,(H,24,25). The van der Waals surface area contributed by atoms with E-state index in [1.807, 2.05) is 42.5 Å². The van der Waals surface area contributed by atoms with Crippen molar-refractivity contribution in [3.05, 3.63) is 77.6 Å². The summed E-state index contributed by atoms with van der Waals surface area (Å²) in [4.78, 5) is 12.8. The molecule has 3 aromatic carbocycles. The summed E-state index contributed by atoms with van der Waals surface area (Å²) in [5.74, 6) is 0.414. The molecule has 0 radical (unpaired) electrons. The normalized spacial score (nSPS) is 14.8. The van der Waals surface area contributed by atoms with Crippen molar-refractivity contribution in [3.8, 4) is 5.75 Å². The summed E-state index contributed by atoms with van der Waals surface area (Å²) in [6, 6.07) is 17.9. The minimum Gasteiger partial charge on any atom is -0.496 e. The highest BCUT2D eigenvalue weighted by Crippen LogP contribution is 2.47. The average Bonchev–Trinajstić information content (AvgIpc) is 3.47. The number of methoxy groups -OCH3 is 1. The molecule has 1 N–H and O–H groups in total. The van der Waals surface area contributed by atoms with E-state index in [9.17, 15) is 9.18 Å². The number of carbonyl (C=O) groups excluding carboxylic acids is 1. The van der Waals surface area contributed by atoms with Crippen LogP contribution in [0.5, 0.6) is 5.75 Å². The maximum Gasteiger partial charge on any atom is 0.251 e. The Morgan fingerprint density at radius 3 is 2.38 bits per heavy atom. The maximum absolute atomic E-state index is 13.2. The van der Waals surface area contributed by atoms with Gasteiger partial charge in [-0.25, -0.2) is 4.39 Å². The number of rotatable bonds is 5. The van der Waals surface area contributed by atoms with Crippen LogP contribution >= 0.6 is 0 Å². The van der Waals surface area contributed by atoms with Gasteiger partial charge in [0.05, 0.1) is 7.11 Å². The van der Waals surface area contributed by atoms with Crippen molar-refractivity contribution >= 4 is 16.7 Å². The van der Waals surface area contributed by atoms with Crippen LogP contribution < -0.4 is 10.1 Å². The zero-order valence-electron chi connectivity index (χ0n) is 14.6. The third-order valence-electron chi connectivity index (χ3n) is 5.25. The van der Waals surface area contributed by atoms with E-state index in [2.05, 4.69) is 5.32 Å². The van der Waals surface area contributed by atoms with Gasteiger partial charge in [-0.3, -0.25) is 4.79 Å². The maximum atomic E-state index is 13.2. The van der Waals surface area contributed by atoms with E-state index in [-0.39, 0.29) is 17.1 Å². The van der Waals surface area contributed by atoms with Gasteiger partial charge in [0.15, 0.2) is 0 Å². The molecule has 1 aliphatic carbocycles. The molecule has 1 aliphatic rings. The van der Waals surface area contributed by atoms with Crippen LogP contribution in [0.15, 0.2) is 60.7 Å². The van der Waals surface area contributed by atoms with Crippen molar-refractivity contribution in [2.75, 3.05) is 13.7 Å². The number of hydrogen-bond acceptors (Lipinski definition) is 2. The van der Waals surface area contributed by atoms with Gasteiger partial charge in [0.1, 0.15) is 11.6 Å². The summed E-state index contributed by atoms with van der Waals surface area (Å²) in [5.41, 5.74) is 1.65. The van der Waals surface area contributed by atoms with Gasteiger partial charge in [0, 0.05) is 22.9 Å². The molecule has 1 fully saturated rings. The average molecular weight is 349 g/mol. The number of benzene rings is 3. The first kappa shape index (κ1) is 16.6. The molecular formula is C22H20FNO2. The summed E-state index contributed by atoms with van der Waals surface area (Å²) in [6.07, 6.45) is 2.00. The third-order valence-corrected chi connectivity index (χ3v) is 5.25. The number of ether oxygens (including phenoxy) is 1. The Labute approximate surface area is 151 Å². The van der Waals surface area contributed by atoms with Crippen molar-refractivity contribution in [1.82, 2.24) is 5.32 Å². The van der Waals surface area contributed by atoms with Crippen LogP contribution in [-0.2, 0) is 5.41 Å². The quantitative estimate of drug-likeness (QED) is 0.739. The number of amides is 1. The fourth-order valence-electron chi connectivity index (χ4n) is 3.51. The Hall–Kier alpha value is -2.88. The van der Waals surface area contributed by atoms with Gasteiger partial charge in [-0.05, 0) is 48.1 Å². The summed E-state index contributed by atoms with van der Waals surface area (Å²) in [6.45, 7) is 0.553. The summed E-state index contributed by atoms with van der Waals surface area (Å²) >= 11 is 0. The summed E-state index contributed by atoms with van der Waals surface area (Å²) < 4.78 is 18.6. The Morgan fingerprint density at radius 1 is 1.04 bits per heavy atom. The number of nitrogens with one attached hydrogen (secondary N) is 1. The van der Waals surface area contributed by atoms with Gasteiger partial charge in [-0.1, -0.05) is 36.4 Å². The van der Waals surface area contributed by atoms with Gasteiger partial charge in [0.25, 0.3) is 5.91 Å². The Morgan fingerprint density at radius 2 is 1.73 bits per heavy atom. The van der Waals surface area contributed by atoms with Crippen molar-refractivity contribution in [2.45, 2.75) is 18.3 Å². The SMILES string of the molecule is COc1ccc(C(=O)NCC2(c3ccc(F)cc3)CC2)c2ccccc12. The molecule has 4 heteroatoms. The second kappa shape index (κ2) is 6.45. The minimum absolute atomic E-state index is 0.0639. The largest absolute Gasteiger partial charge is 0.496 e. The molecule has 0 bridgehead atoms. The Kier molecular flexibility index (Phi) is 4.11. The van der Waals surface area contributed by atoms with E-state index in [1.165, 1.54) is 12.1 Å². The molecule has 132 valence electrons. The molecule has 0 spiro atoms. The topological polar surface area (TPSA) is 38.3 Å². The molecule has 3 nitrogen and oxygen atoms in total. The molecule has 0 unspecified atom stereocenters. The van der Waals surface area contributed by atoms with E-state index in [0.29, 0.717) is 12.1 Å². The van der Waals surface area contributed by atoms with Crippen LogP contribution in [0.1, 0.15) is 28.8 Å². The van der Waals surface area contributed by atoms with Crippen molar-refractivity contribution in [3.63, 3.8) is 0 Å². The molecule has 0 heterocycles. The highest BCUT2D eigenvalue weighted by atomic mass is 19.1. The highest BCUT2D eigenvalue weighted by Gasteiger charge is 2.44. The fourth-order valence-corrected chi connectivity index (χ4v) is 3.51. The Balaban J connectivity index is 1.56. The molecule has 1 amide bonds. The van der Waals surface area contributed by atoms with Crippen molar-refractivity contribution in [1.29, 1.82) is 0 Å². The zero-order chi connectivity index (χ0) is 18.1. The molecule has 3 aromatic rings. The first-order chi connectivity index (χ1) is 12.6. The van der Waals surface area contributed by atoms with Gasteiger partial charge < -0.3 is 10.1 Å². The molecule has 4 rings (SSSR count). The van der Waals surface area contributed by atoms with Crippen molar-refractivity contribution in [2.24, 2.45) is 0 Å². The Bertz CT molecular complexity index is 962. The number of fused-ring (bicyclic) bond motifs is 1. The number of halogens is 1. The van der Waals surface area contributed by atoms with Crippen LogP contribution in [0.2, 0.25) is 0 Å². The van der Waals surface area contributed by atoms with Gasteiger partial charge in [-0.15, -0.1) is 0 Å². The van der Waals surface area contributed by atoms with Crippen LogP contribution in [0.25, 0.3) is 10.8 Å². The number of carbonyl (C=O) groups is 1. The fraction of sp³-hybridized carbons (Fsp3) is 0.227. The van der Waals surface area contributed by atoms with Crippen molar-refractivity contribution < 1.29 is 13.9 Å². The third kappa shape index (κ3) is 2.92. The summed E-state index contributed by atoms with van der Waals surface area (Å²) in [5, 5.41) is 4.86. The summed E-state index contributed by atoms with van der Waals surface area (Å²) in [7, 11) is 1.63. The monoisotopic (exact) mass is 349 g/mol. The van der Waals surface area contributed by atoms with Crippen LogP contribution in [0, 0.1) is 5.82 Å². The highest BCUT2D eigenvalue weighted by molar-refractivity contribution is 6.08. The van der Waals surface area contributed by atoms with E-state index in [0.717, 1.165) is 34.9 Å². The first-order valence-electron chi connectivity index (χ1n) is 8.73. The van der Waals surface area contributed by atoms with E-state index in [1.54, 1.807) is 13.2 Å². The van der Waals surface area contributed by atoms with Crippen LogP contribution in [0.3, 0.4) is 0 Å². The predicted molar refractivity (Wildman–Crippen MR) is 100 cm³/mol. The van der Waals surface area contributed by atoms with Crippen LogP contribution in [0.4, 0.5) is 4.39 Å². The lowest BCUT2D eigenvalue weighted by molar-refractivity contribution is 0.0951. The predicted octanol–water partition coefficient (Wildman–Crippen LogP) is 4.45. The van der Waals surface area contributed by atoms with Gasteiger partial charge in [0.2, 0.25) is 0 Å².